The molecule has 2 fully saturated rings. The summed E-state index contributed by atoms with van der Waals surface area (Å²) in [5, 5.41) is 0. The van der Waals surface area contributed by atoms with Crippen molar-refractivity contribution < 1.29 is 0 Å². The number of rotatable bonds is 2. The van der Waals surface area contributed by atoms with Crippen molar-refractivity contribution in [3.63, 3.8) is 0 Å². The predicted molar refractivity (Wildman–Crippen MR) is 65.2 cm³/mol. The van der Waals surface area contributed by atoms with E-state index in [1.807, 2.05) is 0 Å². The molecule has 0 amide bonds. The molecule has 0 aliphatic carbocycles. The number of hydrogen-bond donors (Lipinski definition) is 0. The van der Waals surface area contributed by atoms with E-state index in [1.54, 1.807) is 0 Å². The molecule has 0 aromatic carbocycles. The van der Waals surface area contributed by atoms with Gasteiger partial charge in [0.2, 0.25) is 0 Å². The molecule has 2 rings (SSSR count). The minimum absolute atomic E-state index is 0.520. The molecule has 2 heteroatoms. The van der Waals surface area contributed by atoms with Gasteiger partial charge >= 0.3 is 0 Å². The van der Waals surface area contributed by atoms with Crippen LogP contribution in [0.5, 0.6) is 0 Å². The van der Waals surface area contributed by atoms with E-state index >= 15 is 0 Å². The van der Waals surface area contributed by atoms with Gasteiger partial charge in [-0.05, 0) is 65.3 Å². The van der Waals surface area contributed by atoms with Gasteiger partial charge in [0.1, 0.15) is 0 Å². The van der Waals surface area contributed by atoms with Crippen LogP contribution in [0, 0.1) is 0 Å². The summed E-state index contributed by atoms with van der Waals surface area (Å²) in [6.07, 6.45) is 7.05. The Morgan fingerprint density at radius 1 is 0.933 bits per heavy atom. The maximum Gasteiger partial charge on any atom is 0.0205 e. The molecule has 15 heavy (non-hydrogen) atoms. The van der Waals surface area contributed by atoms with E-state index in [-0.39, 0.29) is 0 Å². The van der Waals surface area contributed by atoms with Gasteiger partial charge in [0.15, 0.2) is 0 Å². The fourth-order valence-electron chi connectivity index (χ4n) is 3.10. The molecule has 0 aromatic rings. The smallest absolute Gasteiger partial charge is 0.0205 e. The molecule has 0 aromatic heterocycles. The third kappa shape index (κ3) is 2.54. The van der Waals surface area contributed by atoms with Gasteiger partial charge < -0.3 is 4.90 Å². The lowest BCUT2D eigenvalue weighted by atomic mass is 9.86. The Bertz CT molecular complexity index is 189. The van der Waals surface area contributed by atoms with E-state index in [9.17, 15) is 0 Å². The molecule has 2 saturated heterocycles. The molecule has 2 aliphatic rings. The third-order valence-corrected chi connectivity index (χ3v) is 4.50. The van der Waals surface area contributed by atoms with Crippen molar-refractivity contribution in [3.05, 3.63) is 0 Å². The van der Waals surface area contributed by atoms with Crippen LogP contribution in [0.4, 0.5) is 0 Å². The lowest BCUT2D eigenvalue weighted by Crippen LogP contribution is -2.54. The van der Waals surface area contributed by atoms with E-state index in [4.69, 9.17) is 0 Å². The first-order valence-electron chi connectivity index (χ1n) is 6.72. The highest BCUT2D eigenvalue weighted by Crippen LogP contribution is 2.30. The van der Waals surface area contributed by atoms with Crippen LogP contribution in [0.25, 0.3) is 0 Å². The monoisotopic (exact) mass is 210 g/mol. The van der Waals surface area contributed by atoms with Crippen LogP contribution in [-0.4, -0.2) is 48.1 Å². The highest BCUT2D eigenvalue weighted by Gasteiger charge is 2.35. The average Bonchev–Trinajstić information content (AvgIpc) is 2.31. The van der Waals surface area contributed by atoms with E-state index in [1.165, 1.54) is 64.8 Å². The fraction of sp³-hybridized carbons (Fsp3) is 1.00. The van der Waals surface area contributed by atoms with E-state index in [0.29, 0.717) is 5.54 Å². The van der Waals surface area contributed by atoms with Crippen LogP contribution in [0.1, 0.15) is 46.0 Å². The standard InChI is InChI=1S/C13H26N2/c1-3-14-11-7-13(2,8-12-14)15-9-5-4-6-10-15/h3-12H2,1-2H3. The van der Waals surface area contributed by atoms with Gasteiger partial charge in [0.05, 0.1) is 0 Å². The molecule has 0 spiro atoms. The SMILES string of the molecule is CCN1CCC(C)(N2CCCCC2)CC1. The Morgan fingerprint density at radius 2 is 1.53 bits per heavy atom. The van der Waals surface area contributed by atoms with E-state index in [2.05, 4.69) is 23.6 Å². The van der Waals surface area contributed by atoms with Crippen molar-refractivity contribution in [1.82, 2.24) is 9.80 Å². The molecule has 88 valence electrons. The summed E-state index contributed by atoms with van der Waals surface area (Å²) < 4.78 is 0. The van der Waals surface area contributed by atoms with Gasteiger partial charge in [-0.25, -0.2) is 0 Å². The van der Waals surface area contributed by atoms with Crippen molar-refractivity contribution in [1.29, 1.82) is 0 Å². The first-order valence-corrected chi connectivity index (χ1v) is 6.72. The number of hydrogen-bond acceptors (Lipinski definition) is 2. The van der Waals surface area contributed by atoms with Crippen molar-refractivity contribution in [2.45, 2.75) is 51.5 Å². The topological polar surface area (TPSA) is 6.48 Å². The highest BCUT2D eigenvalue weighted by atomic mass is 15.2. The molecule has 2 aliphatic heterocycles. The van der Waals surface area contributed by atoms with Crippen LogP contribution in [0.2, 0.25) is 0 Å². The molecule has 0 atom stereocenters. The van der Waals surface area contributed by atoms with Crippen molar-refractivity contribution in [3.8, 4) is 0 Å². The summed E-state index contributed by atoms with van der Waals surface area (Å²) in [4.78, 5) is 5.36. The Hall–Kier alpha value is -0.0800. The zero-order chi connectivity index (χ0) is 10.7. The molecule has 0 saturated carbocycles. The zero-order valence-electron chi connectivity index (χ0n) is 10.5. The first-order chi connectivity index (χ1) is 7.24. The number of piperidine rings is 2. The Labute approximate surface area is 94.6 Å². The summed E-state index contributed by atoms with van der Waals surface area (Å²) in [5.74, 6) is 0. The van der Waals surface area contributed by atoms with Crippen molar-refractivity contribution in [2.75, 3.05) is 32.7 Å². The lowest BCUT2D eigenvalue weighted by Gasteiger charge is -2.48. The van der Waals surface area contributed by atoms with Gasteiger partial charge in [-0.2, -0.15) is 0 Å². The second kappa shape index (κ2) is 4.84. The molecular formula is C13H26N2. The van der Waals surface area contributed by atoms with Crippen LogP contribution >= 0.6 is 0 Å². The highest BCUT2D eigenvalue weighted by molar-refractivity contribution is 4.92. The van der Waals surface area contributed by atoms with Crippen LogP contribution < -0.4 is 0 Å². The molecule has 0 radical (unpaired) electrons. The van der Waals surface area contributed by atoms with Gasteiger partial charge in [0, 0.05) is 5.54 Å². The molecule has 0 bridgehead atoms. The average molecular weight is 210 g/mol. The third-order valence-electron chi connectivity index (χ3n) is 4.50. The van der Waals surface area contributed by atoms with Crippen LogP contribution in [0.3, 0.4) is 0 Å². The maximum atomic E-state index is 2.77. The Balaban J connectivity index is 1.89. The van der Waals surface area contributed by atoms with Gasteiger partial charge in [-0.3, -0.25) is 4.90 Å². The lowest BCUT2D eigenvalue weighted by molar-refractivity contribution is 0.0227. The summed E-state index contributed by atoms with van der Waals surface area (Å²) in [5.41, 5.74) is 0.520. The minimum Gasteiger partial charge on any atom is -0.303 e. The number of nitrogens with zero attached hydrogens (tertiary/aromatic N) is 2. The predicted octanol–water partition coefficient (Wildman–Crippen LogP) is 2.35. The quantitative estimate of drug-likeness (QED) is 0.690. The Morgan fingerprint density at radius 3 is 2.07 bits per heavy atom. The zero-order valence-corrected chi connectivity index (χ0v) is 10.5. The maximum absolute atomic E-state index is 2.77. The molecule has 2 heterocycles. The van der Waals surface area contributed by atoms with Gasteiger partial charge in [-0.15, -0.1) is 0 Å². The fourth-order valence-corrected chi connectivity index (χ4v) is 3.10. The minimum atomic E-state index is 0.520. The van der Waals surface area contributed by atoms with Crippen LogP contribution in [-0.2, 0) is 0 Å². The van der Waals surface area contributed by atoms with E-state index in [0.717, 1.165) is 0 Å². The summed E-state index contributed by atoms with van der Waals surface area (Å²) >= 11 is 0. The molecule has 2 nitrogen and oxygen atoms in total. The number of likely N-dealkylation sites (tertiary alicyclic amines) is 2. The molecular weight excluding hydrogens is 184 g/mol. The first kappa shape index (κ1) is 11.4. The molecule has 0 unspecified atom stereocenters. The normalized spacial score (nSPS) is 29.2. The summed E-state index contributed by atoms with van der Waals surface area (Å²) in [7, 11) is 0. The van der Waals surface area contributed by atoms with Crippen LogP contribution in [0.15, 0.2) is 0 Å². The largest absolute Gasteiger partial charge is 0.303 e. The van der Waals surface area contributed by atoms with Crippen molar-refractivity contribution >= 4 is 0 Å². The second-order valence-corrected chi connectivity index (χ2v) is 5.48. The van der Waals surface area contributed by atoms with Gasteiger partial charge in [0.25, 0.3) is 0 Å². The Kier molecular flexibility index (Phi) is 3.68. The summed E-state index contributed by atoms with van der Waals surface area (Å²) in [6.45, 7) is 11.3. The second-order valence-electron chi connectivity index (χ2n) is 5.48. The summed E-state index contributed by atoms with van der Waals surface area (Å²) in [6, 6.07) is 0. The van der Waals surface area contributed by atoms with E-state index < -0.39 is 0 Å². The van der Waals surface area contributed by atoms with Gasteiger partial charge in [-0.1, -0.05) is 13.3 Å². The van der Waals surface area contributed by atoms with Crippen molar-refractivity contribution in [2.24, 2.45) is 0 Å². The molecule has 0 N–H and O–H groups in total.